The fourth-order valence-corrected chi connectivity index (χ4v) is 0.921. The predicted octanol–water partition coefficient (Wildman–Crippen LogP) is 0.376. The molecule has 15 heavy (non-hydrogen) atoms. The summed E-state index contributed by atoms with van der Waals surface area (Å²) in [6, 6.07) is -0.0243. The molecule has 8 heteroatoms. The molecule has 0 amide bonds. The lowest BCUT2D eigenvalue weighted by Gasteiger charge is -2.06. The maximum Gasteiger partial charge on any atom is 0.284 e. The molecule has 5 nitrogen and oxygen atoms in total. The SMILES string of the molecule is O=C([O-])c1c([N+](=O)[O-])cc(F)c(F)c1F. The summed E-state index contributed by atoms with van der Waals surface area (Å²) in [5, 5.41) is 20.5. The Morgan fingerprint density at radius 2 is 1.80 bits per heavy atom. The number of nitrogens with zero attached hydrogens (tertiary/aromatic N) is 1. The first-order valence-corrected chi connectivity index (χ1v) is 3.39. The Hall–Kier alpha value is -2.12. The number of nitro benzene ring substituents is 1. The van der Waals surface area contributed by atoms with Gasteiger partial charge in [0.25, 0.3) is 5.69 Å². The Bertz CT molecular complexity index is 460. The standard InChI is InChI=1S/C7H2F3NO4/c8-2-1-3(11(14)15)4(7(12)13)6(10)5(2)9/h1H,(H,12,13)/p-1. The molecule has 0 spiro atoms. The zero-order valence-electron chi connectivity index (χ0n) is 6.79. The Morgan fingerprint density at radius 1 is 1.27 bits per heavy atom. The van der Waals surface area contributed by atoms with Crippen molar-refractivity contribution in [2.45, 2.75) is 0 Å². The summed E-state index contributed by atoms with van der Waals surface area (Å²) < 4.78 is 37.8. The van der Waals surface area contributed by atoms with Gasteiger partial charge >= 0.3 is 0 Å². The van der Waals surface area contributed by atoms with Crippen LogP contribution in [0.1, 0.15) is 10.4 Å². The van der Waals surface area contributed by atoms with Gasteiger partial charge < -0.3 is 9.90 Å². The molecule has 0 heterocycles. The van der Waals surface area contributed by atoms with E-state index >= 15 is 0 Å². The van der Waals surface area contributed by atoms with Gasteiger partial charge in [-0.05, 0) is 0 Å². The van der Waals surface area contributed by atoms with Gasteiger partial charge in [0.2, 0.25) is 0 Å². The van der Waals surface area contributed by atoms with Crippen molar-refractivity contribution in [2.24, 2.45) is 0 Å². The van der Waals surface area contributed by atoms with E-state index in [0.717, 1.165) is 0 Å². The summed E-state index contributed by atoms with van der Waals surface area (Å²) in [5.74, 6) is -8.39. The first kappa shape index (κ1) is 11.0. The fraction of sp³-hybridized carbons (Fsp3) is 0. The zero-order valence-corrected chi connectivity index (χ0v) is 6.79. The van der Waals surface area contributed by atoms with Gasteiger partial charge in [-0.3, -0.25) is 10.1 Å². The van der Waals surface area contributed by atoms with Crippen LogP contribution < -0.4 is 5.11 Å². The van der Waals surface area contributed by atoms with Crippen LogP contribution in [0.3, 0.4) is 0 Å². The maximum atomic E-state index is 12.8. The Morgan fingerprint density at radius 3 is 2.20 bits per heavy atom. The molecule has 0 saturated carbocycles. The smallest absolute Gasteiger partial charge is 0.284 e. The average molecular weight is 220 g/mol. The number of carboxylic acid groups (broad SMARTS) is 1. The van der Waals surface area contributed by atoms with E-state index in [9.17, 15) is 33.2 Å². The summed E-state index contributed by atoms with van der Waals surface area (Å²) in [6.45, 7) is 0. The highest BCUT2D eigenvalue weighted by Gasteiger charge is 2.26. The second kappa shape index (κ2) is 3.56. The second-order valence-electron chi connectivity index (χ2n) is 2.43. The largest absolute Gasteiger partial charge is 0.544 e. The summed E-state index contributed by atoms with van der Waals surface area (Å²) in [7, 11) is 0. The van der Waals surface area contributed by atoms with Crippen molar-refractivity contribution in [3.63, 3.8) is 0 Å². The zero-order chi connectivity index (χ0) is 11.7. The van der Waals surface area contributed by atoms with Crippen molar-refractivity contribution >= 4 is 11.7 Å². The molecule has 0 fully saturated rings. The van der Waals surface area contributed by atoms with Crippen molar-refractivity contribution in [1.29, 1.82) is 0 Å². The minimum atomic E-state index is -2.29. The van der Waals surface area contributed by atoms with E-state index in [4.69, 9.17) is 0 Å². The van der Waals surface area contributed by atoms with Crippen LogP contribution in [0.5, 0.6) is 0 Å². The third kappa shape index (κ3) is 1.73. The third-order valence-electron chi connectivity index (χ3n) is 1.54. The number of carbonyl (C=O) groups excluding carboxylic acids is 1. The molecule has 0 aliphatic carbocycles. The first-order valence-electron chi connectivity index (χ1n) is 3.39. The quantitative estimate of drug-likeness (QED) is 0.409. The summed E-state index contributed by atoms with van der Waals surface area (Å²) >= 11 is 0. The molecule has 0 bridgehead atoms. The third-order valence-corrected chi connectivity index (χ3v) is 1.54. The lowest BCUT2D eigenvalue weighted by molar-refractivity contribution is -0.386. The Labute approximate surface area is 79.9 Å². The highest BCUT2D eigenvalue weighted by Crippen LogP contribution is 2.25. The minimum absolute atomic E-state index is 0.0243. The molecule has 0 aliphatic heterocycles. The lowest BCUT2D eigenvalue weighted by Crippen LogP contribution is -2.25. The Kier molecular flexibility index (Phi) is 2.60. The van der Waals surface area contributed by atoms with Gasteiger partial charge in [0.05, 0.1) is 17.0 Å². The molecule has 0 aliphatic rings. The van der Waals surface area contributed by atoms with Crippen LogP contribution in [0.15, 0.2) is 6.07 Å². The number of halogens is 3. The van der Waals surface area contributed by atoms with Crippen LogP contribution in [0.4, 0.5) is 18.9 Å². The van der Waals surface area contributed by atoms with Gasteiger partial charge in [0, 0.05) is 0 Å². The van der Waals surface area contributed by atoms with E-state index in [1.54, 1.807) is 0 Å². The molecule has 1 aromatic carbocycles. The molecular weight excluding hydrogens is 219 g/mol. The molecule has 1 aromatic rings. The average Bonchev–Trinajstić information content (AvgIpc) is 2.12. The highest BCUT2D eigenvalue weighted by atomic mass is 19.2. The van der Waals surface area contributed by atoms with Gasteiger partial charge in [-0.25, -0.2) is 13.2 Å². The minimum Gasteiger partial charge on any atom is -0.544 e. The van der Waals surface area contributed by atoms with Crippen molar-refractivity contribution in [1.82, 2.24) is 0 Å². The highest BCUT2D eigenvalue weighted by molar-refractivity contribution is 5.91. The molecule has 0 saturated heterocycles. The summed E-state index contributed by atoms with van der Waals surface area (Å²) in [6.07, 6.45) is 0. The topological polar surface area (TPSA) is 83.3 Å². The number of benzene rings is 1. The number of rotatable bonds is 2. The van der Waals surface area contributed by atoms with Crippen LogP contribution in [0.25, 0.3) is 0 Å². The van der Waals surface area contributed by atoms with E-state index < -0.39 is 39.6 Å². The van der Waals surface area contributed by atoms with Crippen LogP contribution in [0.2, 0.25) is 0 Å². The number of aromatic carboxylic acids is 1. The number of carboxylic acids is 1. The monoisotopic (exact) mass is 220 g/mol. The van der Waals surface area contributed by atoms with Gasteiger partial charge in [-0.15, -0.1) is 0 Å². The molecule has 0 unspecified atom stereocenters. The van der Waals surface area contributed by atoms with Crippen LogP contribution >= 0.6 is 0 Å². The summed E-state index contributed by atoms with van der Waals surface area (Å²) in [4.78, 5) is 19.1. The van der Waals surface area contributed by atoms with Gasteiger partial charge in [-0.2, -0.15) is 0 Å². The molecule has 0 aromatic heterocycles. The van der Waals surface area contributed by atoms with Crippen LogP contribution in [0, 0.1) is 27.6 Å². The molecule has 0 atom stereocenters. The number of hydrogen-bond donors (Lipinski definition) is 0. The number of hydrogen-bond acceptors (Lipinski definition) is 4. The van der Waals surface area contributed by atoms with E-state index in [-0.39, 0.29) is 6.07 Å². The van der Waals surface area contributed by atoms with Gasteiger partial charge in [-0.1, -0.05) is 0 Å². The second-order valence-corrected chi connectivity index (χ2v) is 2.43. The van der Waals surface area contributed by atoms with Crippen molar-refractivity contribution in [3.05, 3.63) is 39.2 Å². The van der Waals surface area contributed by atoms with Gasteiger partial charge in [0.15, 0.2) is 17.5 Å². The van der Waals surface area contributed by atoms with E-state index in [0.29, 0.717) is 0 Å². The van der Waals surface area contributed by atoms with Crippen LogP contribution in [-0.2, 0) is 0 Å². The predicted molar refractivity (Wildman–Crippen MR) is 37.3 cm³/mol. The summed E-state index contributed by atoms with van der Waals surface area (Å²) in [5.41, 5.74) is -3.01. The van der Waals surface area contributed by atoms with Crippen molar-refractivity contribution < 1.29 is 28.0 Å². The molecule has 0 radical (unpaired) electrons. The fourth-order valence-electron chi connectivity index (χ4n) is 0.921. The molecule has 80 valence electrons. The van der Waals surface area contributed by atoms with Crippen molar-refractivity contribution in [2.75, 3.05) is 0 Å². The van der Waals surface area contributed by atoms with Gasteiger partial charge in [0.1, 0.15) is 5.56 Å². The lowest BCUT2D eigenvalue weighted by atomic mass is 10.1. The van der Waals surface area contributed by atoms with Crippen LogP contribution in [-0.4, -0.2) is 10.9 Å². The number of nitro groups is 1. The van der Waals surface area contributed by atoms with Crippen molar-refractivity contribution in [3.8, 4) is 0 Å². The maximum absolute atomic E-state index is 12.8. The molecule has 1 rings (SSSR count). The van der Waals surface area contributed by atoms with E-state index in [1.807, 2.05) is 0 Å². The molecular formula is C7HF3NO4-. The Balaban J connectivity index is 3.65. The normalized spacial score (nSPS) is 10.1. The number of carbonyl (C=O) groups is 1. The van der Waals surface area contributed by atoms with E-state index in [2.05, 4.69) is 0 Å². The first-order chi connectivity index (χ1) is 6.86. The molecule has 0 N–H and O–H groups in total. The van der Waals surface area contributed by atoms with E-state index in [1.165, 1.54) is 0 Å².